The third kappa shape index (κ3) is 4.89. The molecule has 0 N–H and O–H groups in total. The lowest BCUT2D eigenvalue weighted by Crippen LogP contribution is -2.43. The van der Waals surface area contributed by atoms with Crippen molar-refractivity contribution in [3.8, 4) is 6.07 Å². The van der Waals surface area contributed by atoms with Crippen molar-refractivity contribution < 1.29 is 8.42 Å². The van der Waals surface area contributed by atoms with Gasteiger partial charge in [-0.2, -0.15) is 5.26 Å². The van der Waals surface area contributed by atoms with Crippen molar-refractivity contribution in [1.29, 1.82) is 5.26 Å². The Hall–Kier alpha value is -2.33. The molecule has 0 radical (unpaired) electrons. The highest BCUT2D eigenvalue weighted by Gasteiger charge is 2.23. The van der Waals surface area contributed by atoms with Crippen LogP contribution in [0.1, 0.15) is 5.56 Å². The Kier molecular flexibility index (Phi) is 6.17. The average molecular weight is 402 g/mol. The van der Waals surface area contributed by atoms with E-state index in [9.17, 15) is 13.7 Å². The Morgan fingerprint density at radius 3 is 2.26 bits per heavy atom. The summed E-state index contributed by atoms with van der Waals surface area (Å²) >= 11 is 5.82. The normalized spacial score (nSPS) is 16.1. The van der Waals surface area contributed by atoms with E-state index in [4.69, 9.17) is 11.6 Å². The largest absolute Gasteiger partial charge is 0.373 e. The molecule has 2 aromatic rings. The number of sulfone groups is 1. The summed E-state index contributed by atoms with van der Waals surface area (Å²) in [4.78, 5) is 4.04. The molecule has 3 rings (SSSR count). The van der Waals surface area contributed by atoms with Gasteiger partial charge in [0.2, 0.25) is 9.84 Å². The minimum absolute atomic E-state index is 0.0717. The van der Waals surface area contributed by atoms with E-state index in [1.165, 1.54) is 36.0 Å². The molecule has 2 aromatic carbocycles. The third-order valence-corrected chi connectivity index (χ3v) is 6.40. The highest BCUT2D eigenvalue weighted by atomic mass is 35.5. The summed E-state index contributed by atoms with van der Waals surface area (Å²) in [6.07, 6.45) is 1.46. The molecule has 27 heavy (non-hydrogen) atoms. The van der Waals surface area contributed by atoms with E-state index in [1.54, 1.807) is 0 Å². The second kappa shape index (κ2) is 8.57. The van der Waals surface area contributed by atoms with Crippen LogP contribution in [-0.4, -0.2) is 44.4 Å². The third-order valence-electron chi connectivity index (χ3n) is 4.48. The Balaban J connectivity index is 1.67. The molecule has 1 aliphatic heterocycles. The van der Waals surface area contributed by atoms with Gasteiger partial charge in [-0.25, -0.2) is 8.42 Å². The molecule has 140 valence electrons. The molecule has 1 heterocycles. The summed E-state index contributed by atoms with van der Waals surface area (Å²) in [5.41, 5.74) is 1.25. The van der Waals surface area contributed by atoms with Crippen molar-refractivity contribution in [3.63, 3.8) is 0 Å². The molecule has 0 spiro atoms. The van der Waals surface area contributed by atoms with Crippen LogP contribution in [0.3, 0.4) is 0 Å². The molecule has 5 nitrogen and oxygen atoms in total. The van der Waals surface area contributed by atoms with Crippen LogP contribution in [0.4, 0.5) is 0 Å². The molecule has 0 atom stereocenters. The number of piperazine rings is 1. The molecular weight excluding hydrogens is 382 g/mol. The lowest BCUT2D eigenvalue weighted by atomic mass is 10.2. The van der Waals surface area contributed by atoms with Gasteiger partial charge < -0.3 is 4.90 Å². The molecule has 0 aliphatic carbocycles. The van der Waals surface area contributed by atoms with Crippen LogP contribution in [-0.2, 0) is 16.4 Å². The van der Waals surface area contributed by atoms with Crippen LogP contribution >= 0.6 is 11.6 Å². The van der Waals surface area contributed by atoms with Gasteiger partial charge in [0.15, 0.2) is 4.91 Å². The van der Waals surface area contributed by atoms with Gasteiger partial charge in [-0.05, 0) is 29.8 Å². The van der Waals surface area contributed by atoms with Gasteiger partial charge in [-0.1, -0.05) is 41.9 Å². The SMILES string of the molecule is N#C/C(=C\N1CCN(Cc2ccccc2)CC1)S(=O)(=O)c1ccc(Cl)cc1. The van der Waals surface area contributed by atoms with Crippen molar-refractivity contribution in [2.75, 3.05) is 26.2 Å². The van der Waals surface area contributed by atoms with Crippen LogP contribution in [0.15, 0.2) is 70.6 Å². The maximum Gasteiger partial charge on any atom is 0.218 e. The zero-order valence-electron chi connectivity index (χ0n) is 14.8. The second-order valence-corrected chi connectivity index (χ2v) is 8.71. The van der Waals surface area contributed by atoms with E-state index in [1.807, 2.05) is 29.2 Å². The first kappa shape index (κ1) is 19.4. The highest BCUT2D eigenvalue weighted by molar-refractivity contribution is 7.95. The smallest absolute Gasteiger partial charge is 0.218 e. The van der Waals surface area contributed by atoms with Crippen LogP contribution in [0.25, 0.3) is 0 Å². The second-order valence-electron chi connectivity index (χ2n) is 6.36. The number of halogens is 1. The summed E-state index contributed by atoms with van der Waals surface area (Å²) in [5.74, 6) is 0. The van der Waals surface area contributed by atoms with Gasteiger partial charge in [0, 0.05) is 43.9 Å². The van der Waals surface area contributed by atoms with Crippen molar-refractivity contribution in [2.45, 2.75) is 11.4 Å². The quantitative estimate of drug-likeness (QED) is 0.719. The first-order valence-electron chi connectivity index (χ1n) is 8.62. The highest BCUT2D eigenvalue weighted by Crippen LogP contribution is 2.22. The fourth-order valence-electron chi connectivity index (χ4n) is 2.96. The minimum atomic E-state index is -3.84. The van der Waals surface area contributed by atoms with E-state index in [2.05, 4.69) is 17.0 Å². The molecule has 0 unspecified atom stereocenters. The van der Waals surface area contributed by atoms with Crippen molar-refractivity contribution in [3.05, 3.63) is 76.3 Å². The molecular formula is C20H20ClN3O2S. The van der Waals surface area contributed by atoms with Crippen LogP contribution in [0, 0.1) is 11.3 Å². The molecule has 7 heteroatoms. The number of nitriles is 1. The van der Waals surface area contributed by atoms with Gasteiger partial charge in [-0.3, -0.25) is 4.90 Å². The van der Waals surface area contributed by atoms with Gasteiger partial charge in [-0.15, -0.1) is 0 Å². The lowest BCUT2D eigenvalue weighted by Gasteiger charge is -2.34. The van der Waals surface area contributed by atoms with Gasteiger partial charge in [0.1, 0.15) is 6.07 Å². The fraction of sp³-hybridized carbons (Fsp3) is 0.250. The van der Waals surface area contributed by atoms with E-state index in [0.717, 1.165) is 19.6 Å². The van der Waals surface area contributed by atoms with Crippen LogP contribution < -0.4 is 0 Å². The summed E-state index contributed by atoms with van der Waals surface area (Å²) in [6.45, 7) is 3.84. The Morgan fingerprint density at radius 2 is 1.67 bits per heavy atom. The first-order valence-corrected chi connectivity index (χ1v) is 10.5. The zero-order chi connectivity index (χ0) is 19.3. The molecule has 0 aromatic heterocycles. The number of rotatable bonds is 5. The molecule has 0 amide bonds. The molecule has 1 fully saturated rings. The summed E-state index contributed by atoms with van der Waals surface area (Å²) in [6, 6.07) is 17.9. The van der Waals surface area contributed by atoms with Crippen LogP contribution in [0.5, 0.6) is 0 Å². The maximum atomic E-state index is 12.7. The topological polar surface area (TPSA) is 64.4 Å². The van der Waals surface area contributed by atoms with Gasteiger partial charge >= 0.3 is 0 Å². The number of nitrogens with zero attached hydrogens (tertiary/aromatic N) is 3. The average Bonchev–Trinajstić information content (AvgIpc) is 2.68. The molecule has 1 aliphatic rings. The van der Waals surface area contributed by atoms with E-state index in [0.29, 0.717) is 18.1 Å². The fourth-order valence-corrected chi connectivity index (χ4v) is 4.24. The minimum Gasteiger partial charge on any atom is -0.373 e. The van der Waals surface area contributed by atoms with Crippen molar-refractivity contribution in [1.82, 2.24) is 9.80 Å². The van der Waals surface area contributed by atoms with Gasteiger partial charge in [0.25, 0.3) is 0 Å². The van der Waals surface area contributed by atoms with E-state index in [-0.39, 0.29) is 9.80 Å². The molecule has 0 bridgehead atoms. The summed E-state index contributed by atoms with van der Waals surface area (Å²) in [5, 5.41) is 9.84. The standard InChI is InChI=1S/C20H20ClN3O2S/c21-18-6-8-19(9-7-18)27(25,26)20(14-22)16-24-12-10-23(11-13-24)15-17-4-2-1-3-5-17/h1-9,16H,10-13,15H2/b20-16+. The zero-order valence-corrected chi connectivity index (χ0v) is 16.3. The van der Waals surface area contributed by atoms with E-state index < -0.39 is 9.84 Å². The van der Waals surface area contributed by atoms with Crippen molar-refractivity contribution >= 4 is 21.4 Å². The predicted octanol–water partition coefficient (Wildman–Crippen LogP) is 3.30. The summed E-state index contributed by atoms with van der Waals surface area (Å²) < 4.78 is 25.4. The molecule has 0 saturated carbocycles. The Bertz CT molecular complexity index is 943. The van der Waals surface area contributed by atoms with Crippen LogP contribution in [0.2, 0.25) is 5.02 Å². The molecule has 1 saturated heterocycles. The number of allylic oxidation sites excluding steroid dienone is 1. The number of hydrogen-bond donors (Lipinski definition) is 0. The predicted molar refractivity (Wildman–Crippen MR) is 106 cm³/mol. The van der Waals surface area contributed by atoms with E-state index >= 15 is 0 Å². The number of hydrogen-bond acceptors (Lipinski definition) is 5. The van der Waals surface area contributed by atoms with Gasteiger partial charge in [0.05, 0.1) is 4.90 Å². The lowest BCUT2D eigenvalue weighted by molar-refractivity contribution is 0.162. The Morgan fingerprint density at radius 1 is 1.04 bits per heavy atom. The monoisotopic (exact) mass is 401 g/mol. The number of benzene rings is 2. The summed E-state index contributed by atoms with van der Waals surface area (Å²) in [7, 11) is -3.84. The van der Waals surface area contributed by atoms with Crippen molar-refractivity contribution in [2.24, 2.45) is 0 Å². The maximum absolute atomic E-state index is 12.7. The Labute approximate surface area is 165 Å². The first-order chi connectivity index (χ1) is 13.0.